The van der Waals surface area contributed by atoms with Gasteiger partial charge >= 0.3 is 5.97 Å². The number of allylic oxidation sites excluding steroid dienone is 2. The first-order valence-electron chi connectivity index (χ1n) is 9.77. The second-order valence-electron chi connectivity index (χ2n) is 8.30. The van der Waals surface area contributed by atoms with Crippen molar-refractivity contribution in [2.24, 2.45) is 0 Å². The number of carbonyl (C=O) groups excluding carboxylic acids is 1. The molecule has 26 heavy (non-hydrogen) atoms. The number of hydrogen-bond donors (Lipinski definition) is 0. The summed E-state index contributed by atoms with van der Waals surface area (Å²) in [6.45, 7) is 10.7. The first-order chi connectivity index (χ1) is 12.3. The molecule has 3 aliphatic rings. The van der Waals surface area contributed by atoms with Gasteiger partial charge in [-0.2, -0.15) is 0 Å². The molecule has 0 aromatic carbocycles. The third-order valence-corrected chi connectivity index (χ3v) is 5.97. The minimum atomic E-state index is -0.234. The molecule has 4 atom stereocenters. The van der Waals surface area contributed by atoms with Gasteiger partial charge in [0.15, 0.2) is 0 Å². The van der Waals surface area contributed by atoms with Crippen LogP contribution >= 0.6 is 0 Å². The topological polar surface area (TPSA) is 48.1 Å². The van der Waals surface area contributed by atoms with Crippen LogP contribution in [0.15, 0.2) is 34.4 Å². The van der Waals surface area contributed by atoms with Crippen LogP contribution in [0.5, 0.6) is 0 Å². The van der Waals surface area contributed by atoms with E-state index in [1.54, 1.807) is 0 Å². The number of epoxide rings is 1. The summed E-state index contributed by atoms with van der Waals surface area (Å²) in [5.74, 6) is -0.234. The number of fused-ring (bicyclic) bond motifs is 2. The average Bonchev–Trinajstić information content (AvgIpc) is 3.09. The molecule has 0 saturated carbocycles. The number of carbonyl (C=O) groups is 1. The Hall–Kier alpha value is -1.39. The van der Waals surface area contributed by atoms with Crippen LogP contribution < -0.4 is 0 Å². The fraction of sp³-hybridized carbons (Fsp3) is 0.682. The second-order valence-corrected chi connectivity index (χ2v) is 8.30. The Morgan fingerprint density at radius 3 is 2.81 bits per heavy atom. The van der Waals surface area contributed by atoms with Crippen LogP contribution in [0.2, 0.25) is 0 Å². The molecule has 1 fully saturated rings. The highest BCUT2D eigenvalue weighted by Gasteiger charge is 2.50. The molecular formula is C22H32O4. The molecular weight excluding hydrogens is 328 g/mol. The molecule has 2 heterocycles. The summed E-state index contributed by atoms with van der Waals surface area (Å²) in [5.41, 5.74) is 4.98. The average molecular weight is 360 g/mol. The van der Waals surface area contributed by atoms with Gasteiger partial charge in [0.1, 0.15) is 6.10 Å². The molecule has 0 radical (unpaired) electrons. The lowest BCUT2D eigenvalue weighted by Gasteiger charge is -2.22. The van der Waals surface area contributed by atoms with Crippen molar-refractivity contribution in [3.63, 3.8) is 0 Å². The van der Waals surface area contributed by atoms with Gasteiger partial charge < -0.3 is 14.2 Å². The summed E-state index contributed by atoms with van der Waals surface area (Å²) in [5, 5.41) is 0. The van der Waals surface area contributed by atoms with E-state index in [4.69, 9.17) is 14.2 Å². The highest BCUT2D eigenvalue weighted by atomic mass is 16.6. The number of hydrogen-bond acceptors (Lipinski definition) is 4. The maximum absolute atomic E-state index is 11.6. The molecule has 0 aromatic rings. The van der Waals surface area contributed by atoms with Crippen molar-refractivity contribution >= 4 is 5.97 Å². The van der Waals surface area contributed by atoms with Gasteiger partial charge in [-0.1, -0.05) is 17.7 Å². The number of ether oxygens (including phenoxy) is 3. The molecule has 0 unspecified atom stereocenters. The van der Waals surface area contributed by atoms with Crippen molar-refractivity contribution in [2.75, 3.05) is 6.61 Å². The van der Waals surface area contributed by atoms with E-state index in [0.29, 0.717) is 19.1 Å². The van der Waals surface area contributed by atoms with E-state index < -0.39 is 0 Å². The van der Waals surface area contributed by atoms with Crippen LogP contribution in [0.3, 0.4) is 0 Å². The maximum Gasteiger partial charge on any atom is 0.303 e. The predicted octanol–water partition coefficient (Wildman–Crippen LogP) is 4.65. The number of esters is 1. The van der Waals surface area contributed by atoms with Crippen LogP contribution in [-0.2, 0) is 19.0 Å². The van der Waals surface area contributed by atoms with Gasteiger partial charge in [0.05, 0.1) is 24.4 Å². The Bertz CT molecular complexity index is 657. The quantitative estimate of drug-likeness (QED) is 0.388. The van der Waals surface area contributed by atoms with E-state index in [-0.39, 0.29) is 23.8 Å². The molecule has 2 aliphatic heterocycles. The summed E-state index contributed by atoms with van der Waals surface area (Å²) in [7, 11) is 0. The van der Waals surface area contributed by atoms with Crippen molar-refractivity contribution < 1.29 is 19.0 Å². The Balaban J connectivity index is 1.87. The fourth-order valence-corrected chi connectivity index (χ4v) is 4.08. The van der Waals surface area contributed by atoms with E-state index in [2.05, 4.69) is 39.8 Å². The van der Waals surface area contributed by atoms with Crippen LogP contribution in [0.25, 0.3) is 0 Å². The third kappa shape index (κ3) is 4.47. The highest BCUT2D eigenvalue weighted by molar-refractivity contribution is 5.66. The monoisotopic (exact) mass is 360 g/mol. The normalized spacial score (nSPS) is 37.7. The zero-order valence-corrected chi connectivity index (χ0v) is 16.8. The molecule has 0 aromatic heterocycles. The molecule has 4 heteroatoms. The van der Waals surface area contributed by atoms with E-state index in [1.165, 1.54) is 23.6 Å². The largest absolute Gasteiger partial charge is 0.458 e. The van der Waals surface area contributed by atoms with Crippen molar-refractivity contribution in [2.45, 2.75) is 90.6 Å². The summed E-state index contributed by atoms with van der Waals surface area (Å²) in [6.07, 6.45) is 9.36. The Morgan fingerprint density at radius 1 is 1.31 bits per heavy atom. The lowest BCUT2D eigenvalue weighted by atomic mass is 9.91. The summed E-state index contributed by atoms with van der Waals surface area (Å²) >= 11 is 0. The summed E-state index contributed by atoms with van der Waals surface area (Å²) in [6, 6.07) is 0. The third-order valence-electron chi connectivity index (χ3n) is 5.97. The molecule has 0 amide bonds. The first-order valence-corrected chi connectivity index (χ1v) is 9.77. The van der Waals surface area contributed by atoms with E-state index in [0.717, 1.165) is 31.3 Å². The van der Waals surface area contributed by atoms with Gasteiger partial charge in [0.25, 0.3) is 0 Å². The second kappa shape index (κ2) is 7.69. The molecule has 1 saturated heterocycles. The molecule has 144 valence electrons. The van der Waals surface area contributed by atoms with Crippen LogP contribution in [0.1, 0.15) is 66.7 Å². The van der Waals surface area contributed by atoms with Crippen LogP contribution in [0.4, 0.5) is 0 Å². The van der Waals surface area contributed by atoms with E-state index in [1.807, 2.05) is 0 Å². The van der Waals surface area contributed by atoms with Crippen molar-refractivity contribution in [3.05, 3.63) is 34.4 Å². The van der Waals surface area contributed by atoms with Crippen LogP contribution in [0, 0.1) is 0 Å². The fourth-order valence-electron chi connectivity index (χ4n) is 4.08. The zero-order valence-electron chi connectivity index (χ0n) is 16.8. The molecule has 4 nitrogen and oxygen atoms in total. The van der Waals surface area contributed by atoms with Gasteiger partial charge in [-0.05, 0) is 70.1 Å². The number of rotatable bonds is 1. The van der Waals surface area contributed by atoms with Gasteiger partial charge in [0.2, 0.25) is 0 Å². The molecule has 3 rings (SSSR count). The molecule has 0 spiro atoms. The maximum atomic E-state index is 11.6. The van der Waals surface area contributed by atoms with Crippen molar-refractivity contribution in [1.29, 1.82) is 0 Å². The standard InChI is InChI=1S/C22H32O4/c1-14-8-9-21-22(5,26-21)10-6-7-15(2)19(25-17(4)23)12-18-16(3)13-24-20(18)11-14/h7,11,19-21H,6,8-10,12-13H2,1-5H3/b14-11+,15-7?/t19-,20-,21-,22-/m0/s1. The van der Waals surface area contributed by atoms with Gasteiger partial charge in [0, 0.05) is 13.3 Å². The van der Waals surface area contributed by atoms with E-state index in [9.17, 15) is 4.79 Å². The molecule has 0 N–H and O–H groups in total. The van der Waals surface area contributed by atoms with Gasteiger partial charge in [-0.15, -0.1) is 0 Å². The minimum Gasteiger partial charge on any atom is -0.458 e. The Kier molecular flexibility index (Phi) is 5.73. The lowest BCUT2D eigenvalue weighted by molar-refractivity contribution is -0.144. The zero-order chi connectivity index (χ0) is 18.9. The van der Waals surface area contributed by atoms with Crippen molar-refractivity contribution in [1.82, 2.24) is 0 Å². The molecule has 1 aliphatic carbocycles. The Morgan fingerprint density at radius 2 is 2.08 bits per heavy atom. The summed E-state index contributed by atoms with van der Waals surface area (Å²) in [4.78, 5) is 11.6. The minimum absolute atomic E-state index is 0.00359. The Labute approximate surface area is 157 Å². The summed E-state index contributed by atoms with van der Waals surface area (Å²) < 4.78 is 17.6. The van der Waals surface area contributed by atoms with Gasteiger partial charge in [-0.25, -0.2) is 0 Å². The van der Waals surface area contributed by atoms with Gasteiger partial charge in [-0.3, -0.25) is 4.79 Å². The predicted molar refractivity (Wildman–Crippen MR) is 102 cm³/mol. The lowest BCUT2D eigenvalue weighted by Crippen LogP contribution is -2.22. The molecule has 0 bridgehead atoms. The van der Waals surface area contributed by atoms with Crippen LogP contribution in [-0.4, -0.2) is 36.5 Å². The first kappa shape index (κ1) is 19.4. The van der Waals surface area contributed by atoms with Crippen molar-refractivity contribution in [3.8, 4) is 0 Å². The smallest absolute Gasteiger partial charge is 0.303 e. The highest BCUT2D eigenvalue weighted by Crippen LogP contribution is 2.44. The SMILES string of the molecule is CC(=O)O[C@H]1CC2=C(C)CO[C@H]2/C=C(\C)CC[C@@H]2O[C@@]2(C)CCC=C1C. The van der Waals surface area contributed by atoms with E-state index >= 15 is 0 Å².